The molecule has 2 aromatic rings. The number of aromatic nitrogens is 2. The van der Waals surface area contributed by atoms with Crippen molar-refractivity contribution in [3.63, 3.8) is 0 Å². The largest absolute Gasteiger partial charge is 0.497 e. The number of rotatable bonds is 7. The molecule has 1 atom stereocenters. The summed E-state index contributed by atoms with van der Waals surface area (Å²) in [5, 5.41) is 8.25. The number of nitrogens with one attached hydrogen (secondary N) is 1. The first-order valence-electron chi connectivity index (χ1n) is 6.72. The molecule has 21 heavy (non-hydrogen) atoms. The van der Waals surface area contributed by atoms with Gasteiger partial charge in [0.05, 0.1) is 43.2 Å². The molecule has 0 aliphatic rings. The lowest BCUT2D eigenvalue weighted by atomic mass is 10.0. The molecule has 0 radical (unpaired) electrons. The zero-order valence-corrected chi connectivity index (χ0v) is 13.2. The first-order valence-corrected chi connectivity index (χ1v) is 7.10. The van der Waals surface area contributed by atoms with Crippen LogP contribution < -0.4 is 10.1 Å². The van der Waals surface area contributed by atoms with Gasteiger partial charge in [-0.25, -0.2) is 0 Å². The van der Waals surface area contributed by atoms with E-state index < -0.39 is 0 Å². The average Bonchev–Trinajstić information content (AvgIpc) is 2.88. The highest BCUT2D eigenvalue weighted by atomic mass is 35.5. The quantitative estimate of drug-likeness (QED) is 0.854. The summed E-state index contributed by atoms with van der Waals surface area (Å²) in [4.78, 5) is 0. The van der Waals surface area contributed by atoms with Crippen LogP contribution in [0.2, 0.25) is 5.02 Å². The summed E-state index contributed by atoms with van der Waals surface area (Å²) in [5.41, 5.74) is 2.03. The third-order valence-corrected chi connectivity index (χ3v) is 3.64. The minimum Gasteiger partial charge on any atom is -0.497 e. The third-order valence-electron chi connectivity index (χ3n) is 3.35. The molecule has 114 valence electrons. The van der Waals surface area contributed by atoms with Gasteiger partial charge in [-0.15, -0.1) is 0 Å². The maximum atomic E-state index is 6.32. The molecule has 1 N–H and O–H groups in total. The Hall–Kier alpha value is -1.56. The Labute approximate surface area is 129 Å². The first kappa shape index (κ1) is 15.8. The zero-order chi connectivity index (χ0) is 15.2. The number of hydrogen-bond acceptors (Lipinski definition) is 4. The van der Waals surface area contributed by atoms with Crippen LogP contribution in [0.15, 0.2) is 30.5 Å². The van der Waals surface area contributed by atoms with Crippen LogP contribution in [0.4, 0.5) is 0 Å². The Balaban J connectivity index is 2.33. The molecule has 0 amide bonds. The van der Waals surface area contributed by atoms with E-state index in [0.717, 1.165) is 17.0 Å². The van der Waals surface area contributed by atoms with Crippen molar-refractivity contribution in [2.75, 3.05) is 27.9 Å². The molecule has 0 fully saturated rings. The molecular formula is C15H20ClN3O2. The second-order valence-corrected chi connectivity index (χ2v) is 5.00. The van der Waals surface area contributed by atoms with Crippen LogP contribution in [0.3, 0.4) is 0 Å². The smallest absolute Gasteiger partial charge is 0.118 e. The second kappa shape index (κ2) is 7.45. The maximum Gasteiger partial charge on any atom is 0.118 e. The Bertz CT molecular complexity index is 569. The van der Waals surface area contributed by atoms with E-state index in [1.54, 1.807) is 20.4 Å². The fraction of sp³-hybridized carbons (Fsp3) is 0.400. The summed E-state index contributed by atoms with van der Waals surface area (Å²) in [5.74, 6) is 0.826. The van der Waals surface area contributed by atoms with Crippen LogP contribution in [0.25, 0.3) is 0 Å². The van der Waals surface area contributed by atoms with Crippen molar-refractivity contribution in [2.45, 2.75) is 12.6 Å². The Morgan fingerprint density at radius 1 is 1.29 bits per heavy atom. The van der Waals surface area contributed by atoms with E-state index in [2.05, 4.69) is 10.4 Å². The van der Waals surface area contributed by atoms with E-state index in [-0.39, 0.29) is 6.04 Å². The molecule has 6 heteroatoms. The van der Waals surface area contributed by atoms with Gasteiger partial charge in [0, 0.05) is 7.11 Å². The van der Waals surface area contributed by atoms with Gasteiger partial charge in [-0.1, -0.05) is 23.7 Å². The fourth-order valence-corrected chi connectivity index (χ4v) is 2.52. The fourth-order valence-electron chi connectivity index (χ4n) is 2.27. The van der Waals surface area contributed by atoms with Crippen molar-refractivity contribution < 1.29 is 9.47 Å². The number of benzene rings is 1. The summed E-state index contributed by atoms with van der Waals surface area (Å²) < 4.78 is 12.2. The standard InChI is InChI=1S/C15H20ClN3O2/c1-17-14(11-4-6-12(21-3)7-5-11)15-13(16)10-18-19(15)8-9-20-2/h4-7,10,14,17H,8-9H2,1-3H3. The Morgan fingerprint density at radius 3 is 2.57 bits per heavy atom. The van der Waals surface area contributed by atoms with Crippen LogP contribution in [0.5, 0.6) is 5.75 Å². The van der Waals surface area contributed by atoms with E-state index in [1.807, 2.05) is 36.0 Å². The van der Waals surface area contributed by atoms with Gasteiger partial charge in [-0.2, -0.15) is 5.10 Å². The van der Waals surface area contributed by atoms with Crippen LogP contribution in [0.1, 0.15) is 17.3 Å². The minimum atomic E-state index is -0.0391. The van der Waals surface area contributed by atoms with Crippen molar-refractivity contribution in [2.24, 2.45) is 0 Å². The SMILES string of the molecule is CNC(c1ccc(OC)cc1)c1c(Cl)cnn1CCOC. The maximum absolute atomic E-state index is 6.32. The molecule has 0 saturated heterocycles. The molecule has 0 aliphatic carbocycles. The van der Waals surface area contributed by atoms with E-state index in [4.69, 9.17) is 21.1 Å². The Kier molecular flexibility index (Phi) is 5.61. The van der Waals surface area contributed by atoms with Crippen LogP contribution in [-0.2, 0) is 11.3 Å². The van der Waals surface area contributed by atoms with Crippen molar-refractivity contribution in [3.8, 4) is 5.75 Å². The molecule has 2 rings (SSSR count). The van der Waals surface area contributed by atoms with Crippen LogP contribution >= 0.6 is 11.6 Å². The molecular weight excluding hydrogens is 290 g/mol. The normalized spacial score (nSPS) is 12.4. The van der Waals surface area contributed by atoms with E-state index in [9.17, 15) is 0 Å². The minimum absolute atomic E-state index is 0.0391. The molecule has 0 spiro atoms. The molecule has 1 unspecified atom stereocenters. The van der Waals surface area contributed by atoms with Gasteiger partial charge in [-0.3, -0.25) is 4.68 Å². The highest BCUT2D eigenvalue weighted by Crippen LogP contribution is 2.29. The lowest BCUT2D eigenvalue weighted by Gasteiger charge is -2.19. The lowest BCUT2D eigenvalue weighted by Crippen LogP contribution is -2.23. The lowest BCUT2D eigenvalue weighted by molar-refractivity contribution is 0.182. The predicted octanol–water partition coefficient (Wildman–Crippen LogP) is 2.50. The van der Waals surface area contributed by atoms with Gasteiger partial charge in [0.15, 0.2) is 0 Å². The first-order chi connectivity index (χ1) is 10.2. The van der Waals surface area contributed by atoms with Crippen molar-refractivity contribution in [3.05, 3.63) is 46.7 Å². The van der Waals surface area contributed by atoms with Gasteiger partial charge >= 0.3 is 0 Å². The highest BCUT2D eigenvalue weighted by molar-refractivity contribution is 6.31. The number of methoxy groups -OCH3 is 2. The summed E-state index contributed by atoms with van der Waals surface area (Å²) >= 11 is 6.32. The molecule has 1 aromatic heterocycles. The van der Waals surface area contributed by atoms with Crippen molar-refractivity contribution >= 4 is 11.6 Å². The second-order valence-electron chi connectivity index (χ2n) is 4.59. The van der Waals surface area contributed by atoms with Gasteiger partial charge in [0.25, 0.3) is 0 Å². The molecule has 5 nitrogen and oxygen atoms in total. The van der Waals surface area contributed by atoms with Gasteiger partial charge in [-0.05, 0) is 24.7 Å². The zero-order valence-electron chi connectivity index (χ0n) is 12.5. The van der Waals surface area contributed by atoms with Crippen molar-refractivity contribution in [1.29, 1.82) is 0 Å². The van der Waals surface area contributed by atoms with Gasteiger partial charge in [0.2, 0.25) is 0 Å². The van der Waals surface area contributed by atoms with Crippen molar-refractivity contribution in [1.82, 2.24) is 15.1 Å². The van der Waals surface area contributed by atoms with E-state index in [1.165, 1.54) is 0 Å². The Morgan fingerprint density at radius 2 is 2.00 bits per heavy atom. The summed E-state index contributed by atoms with van der Waals surface area (Å²) in [7, 11) is 5.23. The summed E-state index contributed by atoms with van der Waals surface area (Å²) in [6.45, 7) is 1.25. The molecule has 0 bridgehead atoms. The molecule has 0 saturated carbocycles. The predicted molar refractivity (Wildman–Crippen MR) is 83.0 cm³/mol. The number of ether oxygens (including phenoxy) is 2. The van der Waals surface area contributed by atoms with E-state index >= 15 is 0 Å². The van der Waals surface area contributed by atoms with Gasteiger partial charge in [0.1, 0.15) is 5.75 Å². The van der Waals surface area contributed by atoms with Crippen LogP contribution in [-0.4, -0.2) is 37.7 Å². The average molecular weight is 310 g/mol. The monoisotopic (exact) mass is 309 g/mol. The van der Waals surface area contributed by atoms with E-state index in [0.29, 0.717) is 18.2 Å². The number of halogens is 1. The molecule has 1 heterocycles. The molecule has 0 aliphatic heterocycles. The number of nitrogens with zero attached hydrogens (tertiary/aromatic N) is 2. The highest BCUT2D eigenvalue weighted by Gasteiger charge is 2.20. The topological polar surface area (TPSA) is 48.3 Å². The summed E-state index contributed by atoms with van der Waals surface area (Å²) in [6.07, 6.45) is 1.67. The van der Waals surface area contributed by atoms with Crippen LogP contribution in [0, 0.1) is 0 Å². The van der Waals surface area contributed by atoms with Gasteiger partial charge < -0.3 is 14.8 Å². The molecule has 1 aromatic carbocycles. The number of hydrogen-bond donors (Lipinski definition) is 1. The third kappa shape index (κ3) is 3.56. The summed E-state index contributed by atoms with van der Waals surface area (Å²) in [6, 6.07) is 7.86.